The largest absolute Gasteiger partial charge is 0.381 e. The van der Waals surface area contributed by atoms with Crippen LogP contribution in [0.25, 0.3) is 50.0 Å². The van der Waals surface area contributed by atoms with Gasteiger partial charge in [0.25, 0.3) is 0 Å². The highest BCUT2D eigenvalue weighted by Gasteiger charge is 2.34. The first-order valence-corrected chi connectivity index (χ1v) is 15.4. The molecule has 0 radical (unpaired) electrons. The van der Waals surface area contributed by atoms with Gasteiger partial charge in [-0.3, -0.25) is 0 Å². The third-order valence-corrected chi connectivity index (χ3v) is 8.95. The van der Waals surface area contributed by atoms with Crippen molar-refractivity contribution in [1.82, 2.24) is 19.9 Å². The first-order chi connectivity index (χ1) is 20.1. The molecule has 0 bridgehead atoms. The van der Waals surface area contributed by atoms with Crippen molar-refractivity contribution < 1.29 is 0 Å². The van der Waals surface area contributed by atoms with Crippen molar-refractivity contribution in [3.8, 4) is 22.6 Å². The van der Waals surface area contributed by atoms with Crippen molar-refractivity contribution in [2.24, 2.45) is 0 Å². The minimum atomic E-state index is 0.404. The Kier molecular flexibility index (Phi) is 6.58. The Bertz CT molecular complexity index is 1940. The Morgan fingerprint density at radius 2 is 1.85 bits per heavy atom. The lowest BCUT2D eigenvalue weighted by atomic mass is 9.74. The normalized spacial score (nSPS) is 15.5. The molecule has 3 aromatic carbocycles. The molecule has 0 amide bonds. The van der Waals surface area contributed by atoms with Gasteiger partial charge in [0.05, 0.1) is 11.4 Å². The molecule has 0 saturated heterocycles. The van der Waals surface area contributed by atoms with Gasteiger partial charge in [-0.2, -0.15) is 0 Å². The number of fused-ring (bicyclic) bond motifs is 8. The molecule has 3 heterocycles. The van der Waals surface area contributed by atoms with Crippen molar-refractivity contribution in [1.29, 1.82) is 0 Å². The molecule has 0 aliphatic heterocycles. The summed E-state index contributed by atoms with van der Waals surface area (Å²) >= 11 is 3.62. The van der Waals surface area contributed by atoms with Gasteiger partial charge in [-0.25, -0.2) is 4.98 Å². The molecule has 2 aliphatic rings. The third-order valence-electron chi connectivity index (χ3n) is 8.45. The molecule has 8 rings (SSSR count). The summed E-state index contributed by atoms with van der Waals surface area (Å²) in [6.45, 7) is 6.89. The maximum absolute atomic E-state index is 5.27. The summed E-state index contributed by atoms with van der Waals surface area (Å²) in [6.07, 6.45) is 8.03. The smallest absolute Gasteiger partial charge is 0.140 e. The van der Waals surface area contributed by atoms with Crippen LogP contribution in [0.1, 0.15) is 61.5 Å². The quantitative estimate of drug-likeness (QED) is 0.162. The van der Waals surface area contributed by atoms with Crippen LogP contribution in [0.5, 0.6) is 0 Å². The highest BCUT2D eigenvalue weighted by molar-refractivity contribution is 9.10. The molecule has 5 nitrogen and oxygen atoms in total. The van der Waals surface area contributed by atoms with Gasteiger partial charge in [0.15, 0.2) is 0 Å². The standard InChI is InChI=1S/C33H28BrN5.C2H6/c1-18-30(25-8-4-5-9-29(25)37-18)33-38-31-24-7-3-2-6-22(24)23-12-11-21(15-27(23)32(31)39-33)35-16-19-17-36-28-13-10-20(34)14-26(19)28;1-2/h4-5,7-15,17,22,35-37H,2-3,6,16H2,1H3,(H,38,39);1-2H3. The van der Waals surface area contributed by atoms with Crippen LogP contribution in [-0.4, -0.2) is 19.9 Å². The second-order valence-electron chi connectivity index (χ2n) is 10.8. The molecule has 3 aromatic heterocycles. The molecule has 1 atom stereocenters. The number of aryl methyl sites for hydroxylation is 1. The number of halogens is 1. The van der Waals surface area contributed by atoms with Crippen molar-refractivity contribution in [3.63, 3.8) is 0 Å². The van der Waals surface area contributed by atoms with Crippen molar-refractivity contribution in [2.75, 3.05) is 5.32 Å². The van der Waals surface area contributed by atoms with Crippen LogP contribution in [0.4, 0.5) is 5.69 Å². The first-order valence-electron chi connectivity index (χ1n) is 14.7. The molecule has 6 aromatic rings. The van der Waals surface area contributed by atoms with Crippen LogP contribution < -0.4 is 5.32 Å². The van der Waals surface area contributed by atoms with Crippen LogP contribution in [0.2, 0.25) is 0 Å². The lowest BCUT2D eigenvalue weighted by molar-refractivity contribution is 0.665. The summed E-state index contributed by atoms with van der Waals surface area (Å²) in [7, 11) is 0. The highest BCUT2D eigenvalue weighted by atomic mass is 79.9. The Labute approximate surface area is 248 Å². The fourth-order valence-corrected chi connectivity index (χ4v) is 6.98. The van der Waals surface area contributed by atoms with E-state index in [1.54, 1.807) is 0 Å². The number of para-hydroxylation sites is 1. The van der Waals surface area contributed by atoms with E-state index in [9.17, 15) is 0 Å². The zero-order valence-corrected chi connectivity index (χ0v) is 25.2. The molecule has 0 fully saturated rings. The van der Waals surface area contributed by atoms with E-state index < -0.39 is 0 Å². The Balaban J connectivity index is 0.00000135. The minimum Gasteiger partial charge on any atom is -0.381 e. The summed E-state index contributed by atoms with van der Waals surface area (Å²) in [4.78, 5) is 16.0. The molecule has 0 saturated carbocycles. The van der Waals surface area contributed by atoms with E-state index >= 15 is 0 Å². The van der Waals surface area contributed by atoms with Crippen LogP contribution in [-0.2, 0) is 6.54 Å². The summed E-state index contributed by atoms with van der Waals surface area (Å²) in [5.74, 6) is 1.34. The van der Waals surface area contributed by atoms with Crippen LogP contribution in [0.15, 0.2) is 77.4 Å². The van der Waals surface area contributed by atoms with Gasteiger partial charge in [0.1, 0.15) is 5.82 Å². The number of nitrogens with one attached hydrogen (secondary N) is 4. The van der Waals surface area contributed by atoms with Crippen molar-refractivity contribution in [3.05, 3.63) is 99.9 Å². The number of allylic oxidation sites excluding steroid dienone is 2. The average Bonchev–Trinajstić information content (AvgIpc) is 3.71. The number of anilines is 1. The lowest BCUT2D eigenvalue weighted by Crippen LogP contribution is -2.13. The number of hydrogen-bond acceptors (Lipinski definition) is 2. The van der Waals surface area contributed by atoms with Crippen LogP contribution in [0, 0.1) is 6.92 Å². The lowest BCUT2D eigenvalue weighted by Gasteiger charge is -2.30. The summed E-state index contributed by atoms with van der Waals surface area (Å²) in [6, 6.07) is 21.7. The van der Waals surface area contributed by atoms with Crippen LogP contribution >= 0.6 is 15.9 Å². The molecule has 206 valence electrons. The van der Waals surface area contributed by atoms with E-state index in [0.717, 1.165) is 62.6 Å². The van der Waals surface area contributed by atoms with E-state index in [4.69, 9.17) is 4.98 Å². The molecule has 4 N–H and O–H groups in total. The zero-order chi connectivity index (χ0) is 28.1. The number of aromatic nitrogens is 4. The number of imidazole rings is 1. The number of hydrogen-bond donors (Lipinski definition) is 4. The SMILES string of the molecule is CC.Cc1[nH]c2ccccc2c1-c1nc2c([nH]1)-c1cc(NCc3c[nH]c4ccc(Br)cc34)ccc1C1CCCC=C21. The third kappa shape index (κ3) is 4.32. The summed E-state index contributed by atoms with van der Waals surface area (Å²) < 4.78 is 1.09. The van der Waals surface area contributed by atoms with Gasteiger partial charge in [-0.15, -0.1) is 0 Å². The molecule has 41 heavy (non-hydrogen) atoms. The second kappa shape index (κ2) is 10.4. The minimum absolute atomic E-state index is 0.404. The molecule has 0 spiro atoms. The van der Waals surface area contributed by atoms with Gasteiger partial charge in [0, 0.05) is 67.4 Å². The summed E-state index contributed by atoms with van der Waals surface area (Å²) in [5, 5.41) is 6.13. The van der Waals surface area contributed by atoms with E-state index in [1.165, 1.54) is 45.9 Å². The van der Waals surface area contributed by atoms with Gasteiger partial charge >= 0.3 is 0 Å². The number of H-pyrrole nitrogens is 3. The van der Waals surface area contributed by atoms with Crippen LogP contribution in [0.3, 0.4) is 0 Å². The number of benzene rings is 3. The molecular formula is C35H34BrN5. The Hall–Kier alpha value is -4.03. The predicted molar refractivity (Wildman–Crippen MR) is 175 cm³/mol. The van der Waals surface area contributed by atoms with E-state index in [-0.39, 0.29) is 0 Å². The fourth-order valence-electron chi connectivity index (χ4n) is 6.62. The van der Waals surface area contributed by atoms with Crippen molar-refractivity contribution in [2.45, 2.75) is 52.5 Å². The van der Waals surface area contributed by atoms with Gasteiger partial charge in [-0.05, 0) is 79.3 Å². The van der Waals surface area contributed by atoms with Crippen molar-refractivity contribution >= 4 is 49.0 Å². The highest BCUT2D eigenvalue weighted by Crippen LogP contribution is 2.51. The molecule has 2 aliphatic carbocycles. The van der Waals surface area contributed by atoms with E-state index in [0.29, 0.717) is 5.92 Å². The van der Waals surface area contributed by atoms with Gasteiger partial charge in [0.2, 0.25) is 0 Å². The molecular weight excluding hydrogens is 570 g/mol. The predicted octanol–water partition coefficient (Wildman–Crippen LogP) is 10.1. The average molecular weight is 605 g/mol. The maximum Gasteiger partial charge on any atom is 0.140 e. The Morgan fingerprint density at radius 3 is 2.76 bits per heavy atom. The monoisotopic (exact) mass is 603 g/mol. The number of nitrogens with zero attached hydrogens (tertiary/aromatic N) is 1. The van der Waals surface area contributed by atoms with Gasteiger partial charge < -0.3 is 20.3 Å². The molecule has 6 heteroatoms. The summed E-state index contributed by atoms with van der Waals surface area (Å²) in [5.41, 5.74) is 13.3. The van der Waals surface area contributed by atoms with E-state index in [1.807, 2.05) is 13.8 Å². The topological polar surface area (TPSA) is 72.3 Å². The Morgan fingerprint density at radius 1 is 0.976 bits per heavy atom. The second-order valence-corrected chi connectivity index (χ2v) is 11.7. The van der Waals surface area contributed by atoms with E-state index in [2.05, 4.69) is 116 Å². The van der Waals surface area contributed by atoms with Gasteiger partial charge in [-0.1, -0.05) is 60.1 Å². The number of aromatic amines is 3. The number of rotatable bonds is 4. The maximum atomic E-state index is 5.27. The zero-order valence-electron chi connectivity index (χ0n) is 23.7. The first kappa shape index (κ1) is 25.9. The fraction of sp³-hybridized carbons (Fsp3) is 0.229. The molecule has 1 unspecified atom stereocenters.